The predicted molar refractivity (Wildman–Crippen MR) is 92.9 cm³/mol. The number of hydrogen-bond acceptors (Lipinski definition) is 3. The lowest BCUT2D eigenvalue weighted by Crippen LogP contribution is -2.45. The van der Waals surface area contributed by atoms with Crippen LogP contribution in [0.15, 0.2) is 24.3 Å². The van der Waals surface area contributed by atoms with Crippen LogP contribution in [0.25, 0.3) is 0 Å². The zero-order valence-corrected chi connectivity index (χ0v) is 14.4. The number of benzene rings is 1. The molecule has 1 fully saturated rings. The molecule has 6 heteroatoms. The Morgan fingerprint density at radius 3 is 2.78 bits per heavy atom. The van der Waals surface area contributed by atoms with E-state index in [-0.39, 0.29) is 12.1 Å². The van der Waals surface area contributed by atoms with Gasteiger partial charge in [0.15, 0.2) is 0 Å². The Hall–Kier alpha value is -1.46. The minimum Gasteiger partial charge on any atom is -0.492 e. The van der Waals surface area contributed by atoms with Crippen molar-refractivity contribution in [2.75, 3.05) is 26.7 Å². The Morgan fingerprint density at radius 2 is 2.13 bits per heavy atom. The molecule has 0 bridgehead atoms. The van der Waals surface area contributed by atoms with Gasteiger partial charge in [-0.1, -0.05) is 17.7 Å². The van der Waals surface area contributed by atoms with Crippen molar-refractivity contribution in [3.05, 3.63) is 29.3 Å². The van der Waals surface area contributed by atoms with E-state index < -0.39 is 0 Å². The number of hydrogen-bond donors (Lipinski definition) is 2. The van der Waals surface area contributed by atoms with Gasteiger partial charge in [0.25, 0.3) is 0 Å². The van der Waals surface area contributed by atoms with Crippen LogP contribution in [0.5, 0.6) is 5.75 Å². The second-order valence-corrected chi connectivity index (χ2v) is 6.57. The summed E-state index contributed by atoms with van der Waals surface area (Å²) < 4.78 is 5.61. The largest absolute Gasteiger partial charge is 0.492 e. The molecular weight excluding hydrogens is 314 g/mol. The molecule has 0 unspecified atom stereocenters. The summed E-state index contributed by atoms with van der Waals surface area (Å²) in [6.45, 7) is 1.71. The first-order valence-corrected chi connectivity index (χ1v) is 8.56. The van der Waals surface area contributed by atoms with Crippen LogP contribution in [-0.4, -0.2) is 43.7 Å². The fraction of sp³-hybridized carbons (Fsp3) is 0.588. The summed E-state index contributed by atoms with van der Waals surface area (Å²) >= 11 is 5.90. The number of nitrogens with one attached hydrogen (secondary N) is 1. The van der Waals surface area contributed by atoms with Crippen molar-refractivity contribution in [2.45, 2.75) is 31.7 Å². The average molecular weight is 340 g/mol. The summed E-state index contributed by atoms with van der Waals surface area (Å²) in [5.41, 5.74) is 5.69. The molecule has 1 aromatic rings. The van der Waals surface area contributed by atoms with Gasteiger partial charge in [-0.25, -0.2) is 4.79 Å². The molecule has 0 aromatic heterocycles. The molecule has 1 aliphatic carbocycles. The first-order chi connectivity index (χ1) is 11.1. The molecule has 0 radical (unpaired) electrons. The highest BCUT2D eigenvalue weighted by atomic mass is 35.5. The minimum atomic E-state index is -0.0455. The molecule has 1 aliphatic rings. The van der Waals surface area contributed by atoms with E-state index in [9.17, 15) is 4.79 Å². The van der Waals surface area contributed by atoms with Crippen LogP contribution >= 0.6 is 11.6 Å². The Balaban J connectivity index is 1.67. The molecule has 2 rings (SSSR count). The van der Waals surface area contributed by atoms with Gasteiger partial charge in [-0.05, 0) is 56.3 Å². The third-order valence-corrected chi connectivity index (χ3v) is 4.58. The molecule has 0 heterocycles. The van der Waals surface area contributed by atoms with Crippen molar-refractivity contribution < 1.29 is 9.53 Å². The van der Waals surface area contributed by atoms with Crippen LogP contribution in [-0.2, 0) is 0 Å². The zero-order chi connectivity index (χ0) is 16.7. The molecule has 2 amide bonds. The van der Waals surface area contributed by atoms with Crippen molar-refractivity contribution >= 4 is 17.6 Å². The maximum atomic E-state index is 12.2. The van der Waals surface area contributed by atoms with E-state index >= 15 is 0 Å². The Labute approximate surface area is 143 Å². The summed E-state index contributed by atoms with van der Waals surface area (Å²) in [4.78, 5) is 13.8. The minimum absolute atomic E-state index is 0.0455. The van der Waals surface area contributed by atoms with Crippen LogP contribution in [0.3, 0.4) is 0 Å². The number of nitrogens with two attached hydrogens (primary N) is 1. The zero-order valence-electron chi connectivity index (χ0n) is 13.6. The lowest BCUT2D eigenvalue weighted by molar-refractivity contribution is 0.185. The van der Waals surface area contributed by atoms with Gasteiger partial charge in [0.2, 0.25) is 0 Å². The van der Waals surface area contributed by atoms with Gasteiger partial charge in [-0.3, -0.25) is 0 Å². The normalized spacial score (nSPS) is 20.8. The number of urea groups is 1. The van der Waals surface area contributed by atoms with Crippen LogP contribution < -0.4 is 15.8 Å². The fourth-order valence-electron chi connectivity index (χ4n) is 2.79. The van der Waals surface area contributed by atoms with E-state index in [1.54, 1.807) is 24.1 Å². The van der Waals surface area contributed by atoms with E-state index in [0.717, 1.165) is 32.2 Å². The van der Waals surface area contributed by atoms with Crippen LogP contribution in [0, 0.1) is 5.92 Å². The smallest absolute Gasteiger partial charge is 0.317 e. The van der Waals surface area contributed by atoms with Gasteiger partial charge in [-0.2, -0.15) is 0 Å². The van der Waals surface area contributed by atoms with E-state index in [1.165, 1.54) is 0 Å². The second-order valence-electron chi connectivity index (χ2n) is 6.13. The molecule has 1 aromatic carbocycles. The van der Waals surface area contributed by atoms with Crippen molar-refractivity contribution in [3.63, 3.8) is 0 Å². The van der Waals surface area contributed by atoms with Crippen LogP contribution in [0.4, 0.5) is 4.79 Å². The molecule has 0 spiro atoms. The molecule has 0 atom stereocenters. The van der Waals surface area contributed by atoms with Crippen LogP contribution in [0.1, 0.15) is 25.7 Å². The number of carbonyl (C=O) groups excluding carboxylic acids is 1. The molecule has 0 saturated heterocycles. The molecule has 1 saturated carbocycles. The highest BCUT2D eigenvalue weighted by molar-refractivity contribution is 6.30. The first kappa shape index (κ1) is 17.9. The van der Waals surface area contributed by atoms with E-state index in [4.69, 9.17) is 22.1 Å². The van der Waals surface area contributed by atoms with Crippen molar-refractivity contribution in [1.82, 2.24) is 10.2 Å². The SMILES string of the molecule is CN(CCOc1cccc(Cl)c1)C(=O)NC1CCC(CN)CC1. The third kappa shape index (κ3) is 5.92. The van der Waals surface area contributed by atoms with Gasteiger partial charge < -0.3 is 20.7 Å². The quantitative estimate of drug-likeness (QED) is 0.837. The number of rotatable bonds is 6. The van der Waals surface area contributed by atoms with Gasteiger partial charge in [0.05, 0.1) is 6.54 Å². The predicted octanol–water partition coefficient (Wildman–Crippen LogP) is 2.88. The van der Waals surface area contributed by atoms with E-state index in [2.05, 4.69) is 5.32 Å². The molecule has 23 heavy (non-hydrogen) atoms. The van der Waals surface area contributed by atoms with Gasteiger partial charge in [0.1, 0.15) is 12.4 Å². The van der Waals surface area contributed by atoms with Gasteiger partial charge in [0, 0.05) is 18.1 Å². The van der Waals surface area contributed by atoms with Crippen LogP contribution in [0.2, 0.25) is 5.02 Å². The van der Waals surface area contributed by atoms with Gasteiger partial charge in [-0.15, -0.1) is 0 Å². The van der Waals surface area contributed by atoms with Crippen molar-refractivity contribution in [2.24, 2.45) is 11.7 Å². The van der Waals surface area contributed by atoms with Crippen molar-refractivity contribution in [1.29, 1.82) is 0 Å². The first-order valence-electron chi connectivity index (χ1n) is 8.18. The van der Waals surface area contributed by atoms with Crippen molar-refractivity contribution in [3.8, 4) is 5.75 Å². The Bertz CT molecular complexity index is 504. The summed E-state index contributed by atoms with van der Waals surface area (Å²) in [7, 11) is 1.78. The lowest BCUT2D eigenvalue weighted by atomic mass is 9.86. The number of nitrogens with zero attached hydrogens (tertiary/aromatic N) is 1. The molecule has 5 nitrogen and oxygen atoms in total. The average Bonchev–Trinajstić information content (AvgIpc) is 2.55. The van der Waals surface area contributed by atoms with E-state index in [1.807, 2.05) is 12.1 Å². The molecular formula is C17H26ClN3O2. The summed E-state index contributed by atoms with van der Waals surface area (Å²) in [6.07, 6.45) is 4.23. The highest BCUT2D eigenvalue weighted by Crippen LogP contribution is 2.23. The monoisotopic (exact) mass is 339 g/mol. The second kappa shape index (κ2) is 8.99. The highest BCUT2D eigenvalue weighted by Gasteiger charge is 2.22. The fourth-order valence-corrected chi connectivity index (χ4v) is 2.97. The maximum absolute atomic E-state index is 12.2. The summed E-state index contributed by atoms with van der Waals surface area (Å²) in [5, 5.41) is 3.73. The Kier molecular flexibility index (Phi) is 6.99. The van der Waals surface area contributed by atoms with E-state index in [0.29, 0.717) is 29.8 Å². The molecule has 3 N–H and O–H groups in total. The number of ether oxygens (including phenoxy) is 1. The lowest BCUT2D eigenvalue weighted by Gasteiger charge is -2.30. The molecule has 128 valence electrons. The number of likely N-dealkylation sites (N-methyl/N-ethyl adjacent to an activating group) is 1. The van der Waals surface area contributed by atoms with Gasteiger partial charge >= 0.3 is 6.03 Å². The number of halogens is 1. The standard InChI is InChI=1S/C17H26ClN3O2/c1-21(9-10-23-16-4-2-3-14(18)11-16)17(22)20-15-7-5-13(12-19)6-8-15/h2-4,11,13,15H,5-10,12,19H2,1H3,(H,20,22). The topological polar surface area (TPSA) is 67.6 Å². The number of carbonyl (C=O) groups is 1. The third-order valence-electron chi connectivity index (χ3n) is 4.35. The molecule has 0 aliphatic heterocycles. The maximum Gasteiger partial charge on any atom is 0.317 e. The summed E-state index contributed by atoms with van der Waals surface area (Å²) in [5.74, 6) is 1.33. The Morgan fingerprint density at radius 1 is 1.39 bits per heavy atom. The summed E-state index contributed by atoms with van der Waals surface area (Å²) in [6, 6.07) is 7.47. The number of amides is 2.